The highest BCUT2D eigenvalue weighted by Crippen LogP contribution is 1.98. The highest BCUT2D eigenvalue weighted by molar-refractivity contribution is 5.74. The van der Waals surface area contributed by atoms with Gasteiger partial charge in [0, 0.05) is 38.3 Å². The number of nitrogens with zero attached hydrogens (tertiary/aromatic N) is 1. The molecule has 0 unspecified atom stereocenters. The Morgan fingerprint density at radius 1 is 1.44 bits per heavy atom. The van der Waals surface area contributed by atoms with Crippen molar-refractivity contribution in [1.82, 2.24) is 5.32 Å². The average molecular weight is 251 g/mol. The zero-order chi connectivity index (χ0) is 13.4. The van der Waals surface area contributed by atoms with Gasteiger partial charge in [0.15, 0.2) is 11.9 Å². The van der Waals surface area contributed by atoms with Gasteiger partial charge < -0.3 is 10.1 Å². The van der Waals surface area contributed by atoms with Crippen LogP contribution in [-0.4, -0.2) is 25.7 Å². The van der Waals surface area contributed by atoms with E-state index in [2.05, 4.69) is 5.32 Å². The minimum absolute atomic E-state index is 0.0465. The molecule has 18 heavy (non-hydrogen) atoms. The lowest BCUT2D eigenvalue weighted by atomic mass is 10.2. The maximum atomic E-state index is 11.7. The maximum Gasteiger partial charge on any atom is 0.286 e. The third kappa shape index (κ3) is 4.84. The number of hydrogen-bond acceptors (Lipinski definition) is 2. The quantitative estimate of drug-likeness (QED) is 0.583. The van der Waals surface area contributed by atoms with Crippen molar-refractivity contribution in [3.8, 4) is 0 Å². The van der Waals surface area contributed by atoms with E-state index in [1.807, 2.05) is 43.7 Å². The SMILES string of the molecule is CCOCCCNC(=O)C[n+]1cccc(C)c1C. The third-order valence-corrected chi connectivity index (χ3v) is 2.92. The van der Waals surface area contributed by atoms with E-state index in [4.69, 9.17) is 4.74 Å². The van der Waals surface area contributed by atoms with Crippen molar-refractivity contribution in [1.29, 1.82) is 0 Å². The van der Waals surface area contributed by atoms with Gasteiger partial charge in [-0.25, -0.2) is 0 Å². The molecule has 0 aromatic carbocycles. The molecule has 0 aliphatic heterocycles. The van der Waals surface area contributed by atoms with Gasteiger partial charge in [-0.15, -0.1) is 0 Å². The summed E-state index contributed by atoms with van der Waals surface area (Å²) < 4.78 is 7.18. The maximum absolute atomic E-state index is 11.7. The molecule has 0 saturated carbocycles. The molecule has 1 amide bonds. The molecule has 1 rings (SSSR count). The molecule has 4 heteroatoms. The number of carbonyl (C=O) groups is 1. The Balaban J connectivity index is 2.34. The fraction of sp³-hybridized carbons (Fsp3) is 0.571. The van der Waals surface area contributed by atoms with Gasteiger partial charge >= 0.3 is 0 Å². The lowest BCUT2D eigenvalue weighted by Crippen LogP contribution is -2.45. The Morgan fingerprint density at radius 3 is 2.94 bits per heavy atom. The highest BCUT2D eigenvalue weighted by atomic mass is 16.5. The molecule has 0 radical (unpaired) electrons. The monoisotopic (exact) mass is 251 g/mol. The number of hydrogen-bond donors (Lipinski definition) is 1. The summed E-state index contributed by atoms with van der Waals surface area (Å²) in [5, 5.41) is 2.90. The van der Waals surface area contributed by atoms with Crippen molar-refractivity contribution in [3.05, 3.63) is 29.6 Å². The zero-order valence-corrected chi connectivity index (χ0v) is 11.5. The number of rotatable bonds is 7. The molecule has 0 aliphatic rings. The van der Waals surface area contributed by atoms with Crippen molar-refractivity contribution in [2.45, 2.75) is 33.7 Å². The van der Waals surface area contributed by atoms with E-state index in [9.17, 15) is 4.79 Å². The van der Waals surface area contributed by atoms with Gasteiger partial charge in [-0.05, 0) is 26.3 Å². The molecule has 0 spiro atoms. The van der Waals surface area contributed by atoms with Crippen LogP contribution in [-0.2, 0) is 16.1 Å². The first kappa shape index (κ1) is 14.6. The Labute approximate surface area is 109 Å². The summed E-state index contributed by atoms with van der Waals surface area (Å²) in [6, 6.07) is 4.01. The van der Waals surface area contributed by atoms with E-state index >= 15 is 0 Å². The summed E-state index contributed by atoms with van der Waals surface area (Å²) in [5.41, 5.74) is 2.32. The molecule has 1 heterocycles. The van der Waals surface area contributed by atoms with Crippen molar-refractivity contribution in [2.24, 2.45) is 0 Å². The van der Waals surface area contributed by atoms with Gasteiger partial charge in [0.1, 0.15) is 0 Å². The van der Waals surface area contributed by atoms with Crippen molar-refractivity contribution in [2.75, 3.05) is 19.8 Å². The summed E-state index contributed by atoms with van der Waals surface area (Å²) in [5.74, 6) is 0.0465. The summed E-state index contributed by atoms with van der Waals surface area (Å²) >= 11 is 0. The first-order chi connectivity index (χ1) is 8.65. The van der Waals surface area contributed by atoms with Crippen LogP contribution in [0.15, 0.2) is 18.3 Å². The van der Waals surface area contributed by atoms with E-state index in [-0.39, 0.29) is 5.91 Å². The Hall–Kier alpha value is -1.42. The largest absolute Gasteiger partial charge is 0.382 e. The normalized spacial score (nSPS) is 10.4. The third-order valence-electron chi connectivity index (χ3n) is 2.92. The van der Waals surface area contributed by atoms with E-state index in [1.165, 1.54) is 5.56 Å². The first-order valence-corrected chi connectivity index (χ1v) is 6.45. The van der Waals surface area contributed by atoms with E-state index in [1.54, 1.807) is 0 Å². The molecule has 0 aliphatic carbocycles. The van der Waals surface area contributed by atoms with Gasteiger partial charge in [-0.1, -0.05) is 0 Å². The Kier molecular flexibility index (Phi) is 6.36. The topological polar surface area (TPSA) is 42.2 Å². The van der Waals surface area contributed by atoms with Crippen LogP contribution < -0.4 is 9.88 Å². The van der Waals surface area contributed by atoms with E-state index in [0.717, 1.165) is 18.7 Å². The fourth-order valence-electron chi connectivity index (χ4n) is 1.68. The molecule has 0 saturated heterocycles. The van der Waals surface area contributed by atoms with Crippen LogP contribution in [0.1, 0.15) is 24.6 Å². The molecule has 1 aromatic rings. The number of aromatic nitrogens is 1. The van der Waals surface area contributed by atoms with Gasteiger partial charge in [0.05, 0.1) is 0 Å². The van der Waals surface area contributed by atoms with Crippen molar-refractivity contribution in [3.63, 3.8) is 0 Å². The summed E-state index contributed by atoms with van der Waals surface area (Å²) in [6.45, 7) is 8.52. The first-order valence-electron chi connectivity index (χ1n) is 6.45. The second-order valence-corrected chi connectivity index (χ2v) is 4.30. The zero-order valence-electron chi connectivity index (χ0n) is 11.5. The van der Waals surface area contributed by atoms with Crippen LogP contribution in [0.25, 0.3) is 0 Å². The highest BCUT2D eigenvalue weighted by Gasteiger charge is 2.12. The van der Waals surface area contributed by atoms with Crippen LogP contribution in [0.2, 0.25) is 0 Å². The smallest absolute Gasteiger partial charge is 0.286 e. The molecule has 4 nitrogen and oxygen atoms in total. The molecule has 1 aromatic heterocycles. The Bertz CT molecular complexity index is 391. The molecule has 1 N–H and O–H groups in total. The predicted octanol–water partition coefficient (Wildman–Crippen LogP) is 1.13. The number of amides is 1. The Morgan fingerprint density at radius 2 is 2.22 bits per heavy atom. The van der Waals surface area contributed by atoms with Gasteiger partial charge in [-0.2, -0.15) is 4.57 Å². The molecule has 100 valence electrons. The minimum Gasteiger partial charge on any atom is -0.382 e. The van der Waals surface area contributed by atoms with Crippen molar-refractivity contribution >= 4 is 5.91 Å². The van der Waals surface area contributed by atoms with Crippen LogP contribution in [0.4, 0.5) is 0 Å². The summed E-state index contributed by atoms with van der Waals surface area (Å²) in [7, 11) is 0. The van der Waals surface area contributed by atoms with Gasteiger partial charge in [0.2, 0.25) is 6.54 Å². The second kappa shape index (κ2) is 7.82. The van der Waals surface area contributed by atoms with Crippen LogP contribution >= 0.6 is 0 Å². The van der Waals surface area contributed by atoms with E-state index < -0.39 is 0 Å². The molecule has 0 fully saturated rings. The van der Waals surface area contributed by atoms with Crippen LogP contribution in [0.5, 0.6) is 0 Å². The number of nitrogens with one attached hydrogen (secondary N) is 1. The predicted molar refractivity (Wildman–Crippen MR) is 70.2 cm³/mol. The summed E-state index contributed by atoms with van der Waals surface area (Å²) in [4.78, 5) is 11.7. The lowest BCUT2D eigenvalue weighted by molar-refractivity contribution is -0.690. The molecular formula is C14H23N2O2+. The van der Waals surface area contributed by atoms with Crippen LogP contribution in [0, 0.1) is 13.8 Å². The minimum atomic E-state index is 0.0465. The number of ether oxygens (including phenoxy) is 1. The number of pyridine rings is 1. The molecular weight excluding hydrogens is 228 g/mol. The fourth-order valence-corrected chi connectivity index (χ4v) is 1.68. The van der Waals surface area contributed by atoms with Crippen LogP contribution in [0.3, 0.4) is 0 Å². The van der Waals surface area contributed by atoms with Gasteiger partial charge in [-0.3, -0.25) is 4.79 Å². The molecule has 0 bridgehead atoms. The average Bonchev–Trinajstić information content (AvgIpc) is 2.35. The van der Waals surface area contributed by atoms with Crippen molar-refractivity contribution < 1.29 is 14.1 Å². The van der Waals surface area contributed by atoms with E-state index in [0.29, 0.717) is 19.7 Å². The standard InChI is InChI=1S/C14H22N2O2/c1-4-18-10-6-8-15-14(17)11-16-9-5-7-12(2)13(16)3/h5,7,9H,4,6,8,10-11H2,1-3H3/p+1. The van der Waals surface area contributed by atoms with Gasteiger partial charge in [0.25, 0.3) is 5.91 Å². The number of aryl methyl sites for hydroxylation is 1. The number of carbonyl (C=O) groups excluding carboxylic acids is 1. The second-order valence-electron chi connectivity index (χ2n) is 4.30. The lowest BCUT2D eigenvalue weighted by Gasteiger charge is -2.05. The summed E-state index contributed by atoms with van der Waals surface area (Å²) in [6.07, 6.45) is 2.79. The molecule has 0 atom stereocenters.